The molecule has 0 aliphatic rings. The molecular weight excluding hydrogens is 292 g/mol. The van der Waals surface area contributed by atoms with Gasteiger partial charge in [0.2, 0.25) is 0 Å². The first-order valence-electron chi connectivity index (χ1n) is 4.67. The minimum Gasteiger partial charge on any atom is -0.346 e. The molecule has 0 atom stereocenters. The minimum absolute atomic E-state index is 0. The lowest BCUT2D eigenvalue weighted by Crippen LogP contribution is -2.41. The van der Waals surface area contributed by atoms with Crippen molar-refractivity contribution in [2.75, 3.05) is 13.1 Å². The van der Waals surface area contributed by atoms with Gasteiger partial charge in [0.1, 0.15) is 5.82 Å². The number of carbonyl (C=O) groups is 1. The second-order valence-electron chi connectivity index (χ2n) is 3.34. The fourth-order valence-corrected chi connectivity index (χ4v) is 1.27. The first-order valence-corrected chi connectivity index (χ1v) is 5.05. The Morgan fingerprint density at radius 2 is 2.06 bits per heavy atom. The molecule has 1 rings (SSSR count). The van der Waals surface area contributed by atoms with Crippen LogP contribution in [0.2, 0.25) is 5.02 Å². The van der Waals surface area contributed by atoms with E-state index < -0.39 is 35.8 Å². The lowest BCUT2D eigenvalue weighted by Gasteiger charge is -2.14. The van der Waals surface area contributed by atoms with E-state index in [4.69, 9.17) is 17.3 Å². The molecule has 0 aliphatic heterocycles. The van der Waals surface area contributed by atoms with Crippen molar-refractivity contribution in [1.82, 2.24) is 5.32 Å². The summed E-state index contributed by atoms with van der Waals surface area (Å²) >= 11 is 5.52. The van der Waals surface area contributed by atoms with Gasteiger partial charge in [0, 0.05) is 0 Å². The summed E-state index contributed by atoms with van der Waals surface area (Å²) in [5.74, 6) is -4.86. The second kappa shape index (κ2) is 6.82. The third-order valence-electron chi connectivity index (χ3n) is 2.00. The molecule has 0 aliphatic carbocycles. The van der Waals surface area contributed by atoms with E-state index in [1.807, 2.05) is 5.32 Å². The third-order valence-corrected chi connectivity index (χ3v) is 2.39. The van der Waals surface area contributed by atoms with Crippen LogP contribution in [0.5, 0.6) is 0 Å². The first-order chi connectivity index (χ1) is 7.87. The molecule has 0 heterocycles. The van der Waals surface area contributed by atoms with Crippen molar-refractivity contribution in [2.24, 2.45) is 5.73 Å². The maximum atomic E-state index is 13.0. The third kappa shape index (κ3) is 4.36. The first kappa shape index (κ1) is 17.0. The SMILES string of the molecule is Cl.NCC(F)(F)CNC(=O)c1cccc(F)c1Cl. The highest BCUT2D eigenvalue weighted by Crippen LogP contribution is 2.19. The lowest BCUT2D eigenvalue weighted by molar-refractivity contribution is 0.0118. The van der Waals surface area contributed by atoms with Gasteiger partial charge in [-0.25, -0.2) is 13.2 Å². The van der Waals surface area contributed by atoms with Crippen molar-refractivity contribution in [2.45, 2.75) is 5.92 Å². The normalized spacial score (nSPS) is 10.7. The number of nitrogens with one attached hydrogen (secondary N) is 1. The molecule has 3 nitrogen and oxygen atoms in total. The van der Waals surface area contributed by atoms with Gasteiger partial charge in [-0.1, -0.05) is 17.7 Å². The van der Waals surface area contributed by atoms with E-state index in [1.165, 1.54) is 12.1 Å². The van der Waals surface area contributed by atoms with Crippen LogP contribution in [-0.2, 0) is 0 Å². The van der Waals surface area contributed by atoms with Crippen LogP contribution in [0.1, 0.15) is 10.4 Å². The number of benzene rings is 1. The maximum Gasteiger partial charge on any atom is 0.277 e. The van der Waals surface area contributed by atoms with Crippen molar-refractivity contribution in [3.8, 4) is 0 Å². The van der Waals surface area contributed by atoms with Gasteiger partial charge in [-0.05, 0) is 12.1 Å². The van der Waals surface area contributed by atoms with E-state index in [-0.39, 0.29) is 18.0 Å². The van der Waals surface area contributed by atoms with Gasteiger partial charge in [-0.3, -0.25) is 4.79 Å². The van der Waals surface area contributed by atoms with E-state index in [1.54, 1.807) is 0 Å². The molecule has 1 amide bonds. The van der Waals surface area contributed by atoms with Gasteiger partial charge in [0.25, 0.3) is 11.8 Å². The van der Waals surface area contributed by atoms with Crippen LogP contribution in [0.4, 0.5) is 13.2 Å². The Morgan fingerprint density at radius 1 is 1.44 bits per heavy atom. The number of hydrogen-bond donors (Lipinski definition) is 2. The van der Waals surface area contributed by atoms with Gasteiger partial charge in [-0.15, -0.1) is 12.4 Å². The zero-order valence-electron chi connectivity index (χ0n) is 9.05. The highest BCUT2D eigenvalue weighted by Gasteiger charge is 2.27. The van der Waals surface area contributed by atoms with Crippen molar-refractivity contribution in [3.63, 3.8) is 0 Å². The van der Waals surface area contributed by atoms with Gasteiger partial charge >= 0.3 is 0 Å². The summed E-state index contributed by atoms with van der Waals surface area (Å²) in [6, 6.07) is 3.56. The van der Waals surface area contributed by atoms with Crippen LogP contribution < -0.4 is 11.1 Å². The molecule has 8 heteroatoms. The Kier molecular flexibility index (Phi) is 6.45. The fourth-order valence-electron chi connectivity index (χ4n) is 1.06. The number of alkyl halides is 2. The monoisotopic (exact) mass is 302 g/mol. The number of carbonyl (C=O) groups excluding carboxylic acids is 1. The Bertz CT molecular complexity index is 430. The zero-order valence-corrected chi connectivity index (χ0v) is 10.6. The molecular formula is C10H11Cl2F3N2O. The van der Waals surface area contributed by atoms with E-state index in [9.17, 15) is 18.0 Å². The minimum atomic E-state index is -3.20. The van der Waals surface area contributed by atoms with Gasteiger partial charge < -0.3 is 11.1 Å². The summed E-state index contributed by atoms with van der Waals surface area (Å²) in [4.78, 5) is 11.4. The molecule has 0 unspecified atom stereocenters. The van der Waals surface area contributed by atoms with Gasteiger partial charge in [0.15, 0.2) is 0 Å². The molecule has 0 radical (unpaired) electrons. The summed E-state index contributed by atoms with van der Waals surface area (Å²) in [6.07, 6.45) is 0. The standard InChI is InChI=1S/C10H10ClF3N2O.ClH/c11-8-6(2-1-3-7(8)12)9(17)16-5-10(13,14)4-15;/h1-3H,4-5,15H2,(H,16,17);1H. The number of hydrogen-bond acceptors (Lipinski definition) is 2. The summed E-state index contributed by atoms with van der Waals surface area (Å²) in [6.45, 7) is -1.81. The largest absolute Gasteiger partial charge is 0.346 e. The predicted octanol–water partition coefficient (Wildman–Crippen LogP) is 2.22. The zero-order chi connectivity index (χ0) is 13.1. The second-order valence-corrected chi connectivity index (χ2v) is 3.72. The maximum absolute atomic E-state index is 13.0. The van der Waals surface area contributed by atoms with Gasteiger partial charge in [0.05, 0.1) is 23.7 Å². The number of amides is 1. The van der Waals surface area contributed by atoms with Crippen LogP contribution in [-0.4, -0.2) is 24.9 Å². The Hall–Kier alpha value is -0.980. The van der Waals surface area contributed by atoms with E-state index >= 15 is 0 Å². The van der Waals surface area contributed by atoms with Gasteiger partial charge in [-0.2, -0.15) is 0 Å². The molecule has 0 saturated heterocycles. The molecule has 18 heavy (non-hydrogen) atoms. The summed E-state index contributed by atoms with van der Waals surface area (Å²) < 4.78 is 38.5. The average molecular weight is 303 g/mol. The summed E-state index contributed by atoms with van der Waals surface area (Å²) in [7, 11) is 0. The Labute approximate surface area is 113 Å². The number of nitrogens with two attached hydrogens (primary N) is 1. The van der Waals surface area contributed by atoms with Crippen molar-refractivity contribution in [3.05, 3.63) is 34.6 Å². The van der Waals surface area contributed by atoms with Crippen LogP contribution in [0.3, 0.4) is 0 Å². The quantitative estimate of drug-likeness (QED) is 0.896. The molecule has 1 aromatic carbocycles. The molecule has 0 saturated carbocycles. The molecule has 0 fully saturated rings. The molecule has 1 aromatic rings. The molecule has 3 N–H and O–H groups in total. The number of halogens is 5. The lowest BCUT2D eigenvalue weighted by atomic mass is 10.2. The molecule has 0 spiro atoms. The molecule has 102 valence electrons. The van der Waals surface area contributed by atoms with E-state index in [2.05, 4.69) is 0 Å². The average Bonchev–Trinajstić information content (AvgIpc) is 2.30. The van der Waals surface area contributed by atoms with Crippen molar-refractivity contribution in [1.29, 1.82) is 0 Å². The van der Waals surface area contributed by atoms with E-state index in [0.717, 1.165) is 6.07 Å². The van der Waals surface area contributed by atoms with Crippen LogP contribution >= 0.6 is 24.0 Å². The Balaban J connectivity index is 0.00000289. The summed E-state index contributed by atoms with van der Waals surface area (Å²) in [5, 5.41) is 1.54. The van der Waals surface area contributed by atoms with Crippen LogP contribution in [0, 0.1) is 5.82 Å². The molecule has 0 aromatic heterocycles. The predicted molar refractivity (Wildman–Crippen MR) is 65.0 cm³/mol. The van der Waals surface area contributed by atoms with Crippen molar-refractivity contribution < 1.29 is 18.0 Å². The molecule has 0 bridgehead atoms. The smallest absolute Gasteiger partial charge is 0.277 e. The van der Waals surface area contributed by atoms with E-state index in [0.29, 0.717) is 0 Å². The van der Waals surface area contributed by atoms with Crippen molar-refractivity contribution >= 4 is 29.9 Å². The fraction of sp³-hybridized carbons (Fsp3) is 0.300. The summed E-state index contributed by atoms with van der Waals surface area (Å²) in [5.41, 5.74) is 4.60. The van der Waals surface area contributed by atoms with Crippen LogP contribution in [0.25, 0.3) is 0 Å². The van der Waals surface area contributed by atoms with Crippen LogP contribution in [0.15, 0.2) is 18.2 Å². The highest BCUT2D eigenvalue weighted by atomic mass is 35.5. The highest BCUT2D eigenvalue weighted by molar-refractivity contribution is 6.34. The Morgan fingerprint density at radius 3 is 2.61 bits per heavy atom. The topological polar surface area (TPSA) is 55.1 Å². The number of rotatable bonds is 4.